The zero-order chi connectivity index (χ0) is 29.4. The van der Waals surface area contributed by atoms with E-state index in [1.807, 2.05) is 13.8 Å². The molecule has 2 amide bonds. The quantitative estimate of drug-likeness (QED) is 0.293. The minimum Gasteiger partial charge on any atom is -0.497 e. The third-order valence-electron chi connectivity index (χ3n) is 6.46. The van der Waals surface area contributed by atoms with Crippen molar-refractivity contribution in [3.05, 3.63) is 88.4 Å². The molecule has 2 unspecified atom stereocenters. The fraction of sp³-hybridized carbons (Fsp3) is 0.310. The number of hydrogen-bond donors (Lipinski definition) is 1. The maximum Gasteiger partial charge on any atom is 0.264 e. The normalized spacial score (nSPS) is 12.8. The van der Waals surface area contributed by atoms with E-state index in [2.05, 4.69) is 5.32 Å². The molecule has 0 aliphatic heterocycles. The summed E-state index contributed by atoms with van der Waals surface area (Å²) in [5.41, 5.74) is 0.868. The molecule has 11 heteroatoms. The lowest BCUT2D eigenvalue weighted by Crippen LogP contribution is -2.52. The fourth-order valence-electron chi connectivity index (χ4n) is 3.90. The maximum atomic E-state index is 14.0. The van der Waals surface area contributed by atoms with E-state index in [0.717, 1.165) is 4.31 Å². The summed E-state index contributed by atoms with van der Waals surface area (Å²) in [5, 5.41) is 3.55. The van der Waals surface area contributed by atoms with E-state index in [4.69, 9.17) is 27.9 Å². The summed E-state index contributed by atoms with van der Waals surface area (Å²) in [6.45, 7) is 4.85. The Morgan fingerprint density at radius 2 is 1.65 bits per heavy atom. The molecule has 0 aliphatic carbocycles. The van der Waals surface area contributed by atoms with Gasteiger partial charge in [-0.15, -0.1) is 0 Å². The Balaban J connectivity index is 2.04. The number of halogens is 2. The summed E-state index contributed by atoms with van der Waals surface area (Å²) in [6, 6.07) is 18.2. The molecule has 0 spiro atoms. The number of hydrogen-bond acceptors (Lipinski definition) is 5. The van der Waals surface area contributed by atoms with Crippen LogP contribution in [0, 0.1) is 0 Å². The van der Waals surface area contributed by atoms with Gasteiger partial charge in [-0.2, -0.15) is 0 Å². The lowest BCUT2D eigenvalue weighted by atomic mass is 10.1. The van der Waals surface area contributed by atoms with Gasteiger partial charge in [0, 0.05) is 18.7 Å². The first-order chi connectivity index (χ1) is 19.0. The summed E-state index contributed by atoms with van der Waals surface area (Å²) >= 11 is 12.3. The van der Waals surface area contributed by atoms with Gasteiger partial charge in [-0.25, -0.2) is 8.42 Å². The van der Waals surface area contributed by atoms with Crippen molar-refractivity contribution in [1.29, 1.82) is 0 Å². The van der Waals surface area contributed by atoms with Crippen molar-refractivity contribution in [3.8, 4) is 5.75 Å². The highest BCUT2D eigenvalue weighted by Gasteiger charge is 2.33. The van der Waals surface area contributed by atoms with Crippen LogP contribution in [0.4, 0.5) is 5.69 Å². The Bertz CT molecular complexity index is 1440. The lowest BCUT2D eigenvalue weighted by molar-refractivity contribution is -0.139. The molecule has 0 saturated carbocycles. The third-order valence-corrected chi connectivity index (χ3v) is 8.98. The molecule has 1 N–H and O–H groups in total. The number of ether oxygens (including phenoxy) is 1. The second-order valence-corrected chi connectivity index (χ2v) is 12.0. The van der Waals surface area contributed by atoms with Crippen molar-refractivity contribution in [1.82, 2.24) is 10.2 Å². The van der Waals surface area contributed by atoms with Gasteiger partial charge < -0.3 is 15.0 Å². The van der Waals surface area contributed by atoms with Crippen molar-refractivity contribution in [2.45, 2.75) is 50.7 Å². The number of anilines is 1. The number of carbonyl (C=O) groups excluding carboxylic acids is 2. The van der Waals surface area contributed by atoms with Crippen LogP contribution in [0.2, 0.25) is 10.0 Å². The molecule has 214 valence electrons. The molecular formula is C29H33Cl2N3O5S. The van der Waals surface area contributed by atoms with Crippen molar-refractivity contribution < 1.29 is 22.7 Å². The van der Waals surface area contributed by atoms with Crippen LogP contribution in [0.1, 0.15) is 32.8 Å². The molecule has 40 heavy (non-hydrogen) atoms. The van der Waals surface area contributed by atoms with Gasteiger partial charge in [-0.05, 0) is 62.2 Å². The number of carbonyl (C=O) groups is 2. The van der Waals surface area contributed by atoms with Crippen LogP contribution in [0.15, 0.2) is 77.7 Å². The predicted octanol–water partition coefficient (Wildman–Crippen LogP) is 5.53. The topological polar surface area (TPSA) is 96.0 Å². The monoisotopic (exact) mass is 605 g/mol. The largest absolute Gasteiger partial charge is 0.497 e. The Morgan fingerprint density at radius 1 is 0.950 bits per heavy atom. The van der Waals surface area contributed by atoms with Crippen molar-refractivity contribution in [2.75, 3.05) is 18.0 Å². The van der Waals surface area contributed by atoms with Crippen LogP contribution in [0.5, 0.6) is 5.75 Å². The Labute approximate surface area is 245 Å². The third kappa shape index (κ3) is 7.68. The average molecular weight is 607 g/mol. The number of nitrogens with zero attached hydrogens (tertiary/aromatic N) is 2. The Kier molecular flexibility index (Phi) is 10.8. The second kappa shape index (κ2) is 13.9. The summed E-state index contributed by atoms with van der Waals surface area (Å²) in [5.74, 6) is -0.519. The molecule has 8 nitrogen and oxygen atoms in total. The standard InChI is InChI=1S/C29H33Cl2N3O5S/c1-5-20(2)32-29(36)21(3)33(18-22-14-15-26(30)27(31)16-22)28(35)19-34(23-10-9-11-24(17-23)39-4)40(37,38)25-12-7-6-8-13-25/h6-17,20-21H,5,18-19H2,1-4H3,(H,32,36). The average Bonchev–Trinajstić information content (AvgIpc) is 2.96. The first-order valence-electron chi connectivity index (χ1n) is 12.7. The molecule has 0 fully saturated rings. The van der Waals surface area contributed by atoms with Gasteiger partial charge in [0.2, 0.25) is 11.8 Å². The predicted molar refractivity (Wildman–Crippen MR) is 158 cm³/mol. The van der Waals surface area contributed by atoms with Gasteiger partial charge >= 0.3 is 0 Å². The highest BCUT2D eigenvalue weighted by Crippen LogP contribution is 2.28. The number of benzene rings is 3. The van der Waals surface area contributed by atoms with E-state index >= 15 is 0 Å². The number of sulfonamides is 1. The van der Waals surface area contributed by atoms with E-state index in [9.17, 15) is 18.0 Å². The van der Waals surface area contributed by atoms with Gasteiger partial charge in [0.25, 0.3) is 10.0 Å². The highest BCUT2D eigenvalue weighted by molar-refractivity contribution is 7.92. The molecule has 3 aromatic carbocycles. The Morgan fingerprint density at radius 3 is 2.27 bits per heavy atom. The van der Waals surface area contributed by atoms with Gasteiger partial charge in [-0.1, -0.05) is 60.5 Å². The fourth-order valence-corrected chi connectivity index (χ4v) is 5.64. The molecule has 0 saturated heterocycles. The highest BCUT2D eigenvalue weighted by atomic mass is 35.5. The second-order valence-electron chi connectivity index (χ2n) is 9.29. The van der Waals surface area contributed by atoms with Gasteiger partial charge in [0.1, 0.15) is 18.3 Å². The smallest absolute Gasteiger partial charge is 0.264 e. The molecule has 3 rings (SSSR count). The van der Waals surface area contributed by atoms with Crippen molar-refractivity contribution in [2.24, 2.45) is 0 Å². The minimum absolute atomic E-state index is 0.00213. The SMILES string of the molecule is CCC(C)NC(=O)C(C)N(Cc1ccc(Cl)c(Cl)c1)C(=O)CN(c1cccc(OC)c1)S(=O)(=O)c1ccccc1. The summed E-state index contributed by atoms with van der Waals surface area (Å²) in [6.07, 6.45) is 0.706. The van der Waals surface area contributed by atoms with E-state index in [0.29, 0.717) is 27.8 Å². The van der Waals surface area contributed by atoms with Crippen LogP contribution in [-0.4, -0.2) is 50.9 Å². The van der Waals surface area contributed by atoms with Crippen molar-refractivity contribution >= 4 is 50.7 Å². The summed E-state index contributed by atoms with van der Waals surface area (Å²) in [7, 11) is -2.70. The molecule has 2 atom stereocenters. The van der Waals surface area contributed by atoms with Crippen LogP contribution >= 0.6 is 23.2 Å². The minimum atomic E-state index is -4.17. The maximum absolute atomic E-state index is 14.0. The van der Waals surface area contributed by atoms with Gasteiger partial charge in [0.05, 0.1) is 27.7 Å². The van der Waals surface area contributed by atoms with E-state index in [-0.39, 0.29) is 29.1 Å². The van der Waals surface area contributed by atoms with Crippen LogP contribution < -0.4 is 14.4 Å². The Hall–Kier alpha value is -3.27. The number of rotatable bonds is 12. The molecule has 0 aromatic heterocycles. The molecule has 3 aromatic rings. The number of methoxy groups -OCH3 is 1. The zero-order valence-corrected chi connectivity index (χ0v) is 25.1. The zero-order valence-electron chi connectivity index (χ0n) is 22.8. The first-order valence-corrected chi connectivity index (χ1v) is 14.9. The molecular weight excluding hydrogens is 573 g/mol. The molecule has 0 radical (unpaired) electrons. The van der Waals surface area contributed by atoms with Crippen molar-refractivity contribution in [3.63, 3.8) is 0 Å². The van der Waals surface area contributed by atoms with E-state index in [1.165, 1.54) is 30.2 Å². The molecule has 0 aliphatic rings. The van der Waals surface area contributed by atoms with Crippen LogP contribution in [-0.2, 0) is 26.2 Å². The molecule has 0 bridgehead atoms. The lowest BCUT2D eigenvalue weighted by Gasteiger charge is -2.32. The van der Waals surface area contributed by atoms with Crippen LogP contribution in [0.3, 0.4) is 0 Å². The first kappa shape index (κ1) is 31.3. The summed E-state index contributed by atoms with van der Waals surface area (Å²) < 4.78 is 34.0. The van der Waals surface area contributed by atoms with E-state index < -0.39 is 28.5 Å². The molecule has 0 heterocycles. The van der Waals surface area contributed by atoms with Gasteiger partial charge in [-0.3, -0.25) is 13.9 Å². The van der Waals surface area contributed by atoms with Gasteiger partial charge in [0.15, 0.2) is 0 Å². The van der Waals surface area contributed by atoms with Crippen LogP contribution in [0.25, 0.3) is 0 Å². The summed E-state index contributed by atoms with van der Waals surface area (Å²) in [4.78, 5) is 28.4. The number of amides is 2. The van der Waals surface area contributed by atoms with E-state index in [1.54, 1.807) is 61.5 Å². The number of nitrogens with one attached hydrogen (secondary N) is 1.